The summed E-state index contributed by atoms with van der Waals surface area (Å²) in [4.78, 5) is 11.9. The van der Waals surface area contributed by atoms with Gasteiger partial charge in [0.25, 0.3) is 0 Å². The van der Waals surface area contributed by atoms with Gasteiger partial charge in [0.05, 0.1) is 6.26 Å². The van der Waals surface area contributed by atoms with Gasteiger partial charge >= 0.3 is 5.97 Å². The molecule has 2 rings (SSSR count). The van der Waals surface area contributed by atoms with Gasteiger partial charge in [-0.2, -0.15) is 0 Å². The third-order valence-corrected chi connectivity index (χ3v) is 3.24. The van der Waals surface area contributed by atoms with Gasteiger partial charge in [-0.15, -0.1) is 0 Å². The van der Waals surface area contributed by atoms with E-state index >= 15 is 0 Å². The first-order valence-corrected chi connectivity index (χ1v) is 6.43. The van der Waals surface area contributed by atoms with Crippen LogP contribution >= 0.6 is 0 Å². The molecule has 0 amide bonds. The molecule has 0 saturated carbocycles. The smallest absolute Gasteiger partial charge is 0.334 e. The highest BCUT2D eigenvalue weighted by molar-refractivity contribution is 5.87. The molecule has 0 radical (unpaired) electrons. The summed E-state index contributed by atoms with van der Waals surface area (Å²) in [6.07, 6.45) is 1.57. The van der Waals surface area contributed by atoms with Crippen LogP contribution in [0.1, 0.15) is 30.7 Å². The summed E-state index contributed by atoms with van der Waals surface area (Å²) in [5, 5.41) is 0. The highest BCUT2D eigenvalue weighted by Gasteiger charge is 2.36. The van der Waals surface area contributed by atoms with Crippen LogP contribution < -0.4 is 0 Å². The number of aryl methyl sites for hydroxylation is 1. The molecule has 0 aliphatic carbocycles. The van der Waals surface area contributed by atoms with Gasteiger partial charge in [0.1, 0.15) is 0 Å². The summed E-state index contributed by atoms with van der Waals surface area (Å²) in [6, 6.07) is 11.4. The minimum Gasteiger partial charge on any atom is -0.465 e. The van der Waals surface area contributed by atoms with Crippen LogP contribution in [0, 0.1) is 6.92 Å². The predicted molar refractivity (Wildman–Crippen MR) is 77.2 cm³/mol. The molecule has 2 aromatic rings. The summed E-state index contributed by atoms with van der Waals surface area (Å²) in [7, 11) is 0. The van der Waals surface area contributed by atoms with Crippen LogP contribution in [0.4, 0.5) is 0 Å². The van der Waals surface area contributed by atoms with Crippen molar-refractivity contribution in [2.45, 2.75) is 26.4 Å². The maximum atomic E-state index is 11.9. The Balaban J connectivity index is 2.46. The average Bonchev–Trinajstić information content (AvgIpc) is 2.93. The van der Waals surface area contributed by atoms with Crippen LogP contribution in [0.2, 0.25) is 0 Å². The Morgan fingerprint density at radius 3 is 2.40 bits per heavy atom. The molecule has 0 spiro atoms. The lowest BCUT2D eigenvalue weighted by molar-refractivity contribution is -0.151. The van der Waals surface area contributed by atoms with Crippen LogP contribution in [0.15, 0.2) is 59.2 Å². The Bertz CT molecular complexity index is 608. The zero-order valence-electron chi connectivity index (χ0n) is 12.0. The van der Waals surface area contributed by atoms with Crippen molar-refractivity contribution in [1.82, 2.24) is 0 Å². The van der Waals surface area contributed by atoms with Crippen molar-refractivity contribution >= 4 is 5.97 Å². The maximum absolute atomic E-state index is 11.9. The first-order chi connectivity index (χ1) is 9.43. The SMILES string of the molecule is C=C(C)C(=O)OC(C)(c1ccc(C)cc1)c1ccco1. The van der Waals surface area contributed by atoms with Gasteiger partial charge in [0.15, 0.2) is 11.4 Å². The average molecular weight is 270 g/mol. The number of furan rings is 1. The highest BCUT2D eigenvalue weighted by Crippen LogP contribution is 2.34. The lowest BCUT2D eigenvalue weighted by Gasteiger charge is -2.28. The molecule has 0 N–H and O–H groups in total. The second-order valence-corrected chi connectivity index (χ2v) is 5.05. The Morgan fingerprint density at radius 1 is 1.25 bits per heavy atom. The molecule has 0 bridgehead atoms. The third-order valence-electron chi connectivity index (χ3n) is 3.24. The molecule has 0 saturated heterocycles. The Kier molecular flexibility index (Phi) is 3.79. The second-order valence-electron chi connectivity index (χ2n) is 5.05. The number of hydrogen-bond acceptors (Lipinski definition) is 3. The van der Waals surface area contributed by atoms with Gasteiger partial charge in [0, 0.05) is 11.1 Å². The quantitative estimate of drug-likeness (QED) is 0.623. The molecule has 0 aliphatic rings. The summed E-state index contributed by atoms with van der Waals surface area (Å²) in [5.74, 6) is 0.139. The van der Waals surface area contributed by atoms with E-state index in [0.717, 1.165) is 11.1 Å². The van der Waals surface area contributed by atoms with Crippen molar-refractivity contribution in [2.75, 3.05) is 0 Å². The fourth-order valence-corrected chi connectivity index (χ4v) is 1.95. The number of carbonyl (C=O) groups excluding carboxylic acids is 1. The Hall–Kier alpha value is -2.29. The fourth-order valence-electron chi connectivity index (χ4n) is 1.95. The lowest BCUT2D eigenvalue weighted by Crippen LogP contribution is -2.30. The van der Waals surface area contributed by atoms with Crippen LogP contribution in [0.5, 0.6) is 0 Å². The monoisotopic (exact) mass is 270 g/mol. The van der Waals surface area contributed by atoms with Gasteiger partial charge in [-0.1, -0.05) is 36.4 Å². The van der Waals surface area contributed by atoms with E-state index in [1.54, 1.807) is 25.3 Å². The van der Waals surface area contributed by atoms with Crippen LogP contribution in [0.3, 0.4) is 0 Å². The third kappa shape index (κ3) is 2.67. The Morgan fingerprint density at radius 2 is 1.90 bits per heavy atom. The standard InChI is InChI=1S/C17H18O3/c1-12(2)16(18)20-17(4,15-6-5-11-19-15)14-9-7-13(3)8-10-14/h5-11H,1H2,2-4H3. The van der Waals surface area contributed by atoms with Crippen molar-refractivity contribution in [2.24, 2.45) is 0 Å². The molecule has 20 heavy (non-hydrogen) atoms. The van der Waals surface area contributed by atoms with Crippen molar-refractivity contribution in [3.63, 3.8) is 0 Å². The number of benzene rings is 1. The van der Waals surface area contributed by atoms with E-state index in [0.29, 0.717) is 11.3 Å². The topological polar surface area (TPSA) is 39.4 Å². The zero-order valence-corrected chi connectivity index (χ0v) is 12.0. The van der Waals surface area contributed by atoms with Crippen LogP contribution in [0.25, 0.3) is 0 Å². The number of hydrogen-bond donors (Lipinski definition) is 0. The number of rotatable bonds is 4. The summed E-state index contributed by atoms with van der Waals surface area (Å²) in [5.41, 5.74) is 1.39. The lowest BCUT2D eigenvalue weighted by atomic mass is 9.92. The normalized spacial score (nSPS) is 13.6. The summed E-state index contributed by atoms with van der Waals surface area (Å²) < 4.78 is 11.1. The van der Waals surface area contributed by atoms with E-state index in [-0.39, 0.29) is 0 Å². The van der Waals surface area contributed by atoms with Crippen LogP contribution in [-0.4, -0.2) is 5.97 Å². The highest BCUT2D eigenvalue weighted by atomic mass is 16.6. The van der Waals surface area contributed by atoms with Gasteiger partial charge in [-0.3, -0.25) is 0 Å². The Labute approximate surface area is 118 Å². The molecule has 0 fully saturated rings. The van der Waals surface area contributed by atoms with Gasteiger partial charge < -0.3 is 9.15 Å². The molecule has 104 valence electrons. The minimum absolute atomic E-state index is 0.356. The van der Waals surface area contributed by atoms with Crippen molar-refractivity contribution in [1.29, 1.82) is 0 Å². The number of carbonyl (C=O) groups is 1. The summed E-state index contributed by atoms with van der Waals surface area (Å²) in [6.45, 7) is 9.07. The van der Waals surface area contributed by atoms with Gasteiger partial charge in [0.2, 0.25) is 0 Å². The molecule has 1 heterocycles. The van der Waals surface area contributed by atoms with E-state index < -0.39 is 11.6 Å². The molecule has 1 aromatic heterocycles. The number of ether oxygens (including phenoxy) is 1. The molecule has 1 unspecified atom stereocenters. The fraction of sp³-hybridized carbons (Fsp3) is 0.235. The molecule has 0 aliphatic heterocycles. The van der Waals surface area contributed by atoms with Crippen molar-refractivity contribution in [3.05, 3.63) is 71.7 Å². The minimum atomic E-state index is -0.965. The van der Waals surface area contributed by atoms with E-state index in [2.05, 4.69) is 6.58 Å². The van der Waals surface area contributed by atoms with E-state index in [1.165, 1.54) is 0 Å². The van der Waals surface area contributed by atoms with E-state index in [1.807, 2.05) is 38.1 Å². The molecular weight excluding hydrogens is 252 g/mol. The second kappa shape index (κ2) is 5.37. The maximum Gasteiger partial charge on any atom is 0.334 e. The molecule has 3 heteroatoms. The molecular formula is C17H18O3. The van der Waals surface area contributed by atoms with Gasteiger partial charge in [-0.25, -0.2) is 4.79 Å². The van der Waals surface area contributed by atoms with Crippen LogP contribution in [-0.2, 0) is 15.1 Å². The number of esters is 1. The summed E-state index contributed by atoms with van der Waals surface area (Å²) >= 11 is 0. The van der Waals surface area contributed by atoms with Crippen molar-refractivity contribution < 1.29 is 13.9 Å². The zero-order chi connectivity index (χ0) is 14.8. The van der Waals surface area contributed by atoms with E-state index in [9.17, 15) is 4.79 Å². The molecule has 1 aromatic carbocycles. The predicted octanol–water partition coefficient (Wildman–Crippen LogP) is 3.97. The molecule has 1 atom stereocenters. The van der Waals surface area contributed by atoms with E-state index in [4.69, 9.17) is 9.15 Å². The molecule has 3 nitrogen and oxygen atoms in total. The first-order valence-electron chi connectivity index (χ1n) is 6.43. The largest absolute Gasteiger partial charge is 0.465 e. The van der Waals surface area contributed by atoms with Gasteiger partial charge in [-0.05, 0) is 32.9 Å². The first kappa shape index (κ1) is 14.1. The van der Waals surface area contributed by atoms with Crippen molar-refractivity contribution in [3.8, 4) is 0 Å².